The number of carbonyl (C=O) groups is 1. The van der Waals surface area contributed by atoms with Crippen LogP contribution in [0.3, 0.4) is 0 Å². The fraction of sp³-hybridized carbons (Fsp3) is 0.158. The third kappa shape index (κ3) is 3.97. The predicted molar refractivity (Wildman–Crippen MR) is 103 cm³/mol. The number of carbonyl (C=O) groups excluding carboxylic acids is 1. The monoisotopic (exact) mass is 353 g/mol. The Morgan fingerprint density at radius 3 is 2.64 bits per heavy atom. The molecule has 2 amide bonds. The topological polar surface area (TPSA) is 63.2 Å². The van der Waals surface area contributed by atoms with Crippen LogP contribution >= 0.6 is 11.3 Å². The molecule has 0 saturated heterocycles. The maximum atomic E-state index is 12.2. The summed E-state index contributed by atoms with van der Waals surface area (Å²) in [5.41, 5.74) is 4.95. The second-order valence-electron chi connectivity index (χ2n) is 5.62. The molecule has 128 valence electrons. The van der Waals surface area contributed by atoms with Crippen LogP contribution in [-0.4, -0.2) is 18.1 Å². The van der Waals surface area contributed by atoms with Crippen molar-refractivity contribution in [3.8, 4) is 17.0 Å². The SMILES string of the molecule is COc1ccccc1NC(=O)Nc1nc(-c2ccc(C)c(C)c2)cs1. The van der Waals surface area contributed by atoms with Gasteiger partial charge in [-0.05, 0) is 43.2 Å². The number of hydrogen-bond donors (Lipinski definition) is 2. The summed E-state index contributed by atoms with van der Waals surface area (Å²) in [6, 6.07) is 13.1. The molecule has 6 heteroatoms. The van der Waals surface area contributed by atoms with E-state index in [1.54, 1.807) is 19.2 Å². The lowest BCUT2D eigenvalue weighted by molar-refractivity contribution is 0.262. The molecule has 0 aliphatic heterocycles. The molecule has 5 nitrogen and oxygen atoms in total. The highest BCUT2D eigenvalue weighted by Crippen LogP contribution is 2.27. The number of rotatable bonds is 4. The van der Waals surface area contributed by atoms with Crippen LogP contribution in [0.2, 0.25) is 0 Å². The average molecular weight is 353 g/mol. The lowest BCUT2D eigenvalue weighted by Crippen LogP contribution is -2.19. The molecular weight excluding hydrogens is 334 g/mol. The summed E-state index contributed by atoms with van der Waals surface area (Å²) in [6.45, 7) is 4.15. The molecule has 2 aromatic carbocycles. The number of hydrogen-bond acceptors (Lipinski definition) is 4. The van der Waals surface area contributed by atoms with Gasteiger partial charge in [-0.3, -0.25) is 5.32 Å². The van der Waals surface area contributed by atoms with Crippen LogP contribution < -0.4 is 15.4 Å². The van der Waals surface area contributed by atoms with Gasteiger partial charge in [-0.1, -0.05) is 24.3 Å². The van der Waals surface area contributed by atoms with Crippen LogP contribution in [0, 0.1) is 13.8 Å². The number of amides is 2. The van der Waals surface area contributed by atoms with E-state index in [0.717, 1.165) is 11.3 Å². The van der Waals surface area contributed by atoms with Crippen LogP contribution in [0.15, 0.2) is 47.8 Å². The van der Waals surface area contributed by atoms with Gasteiger partial charge < -0.3 is 10.1 Å². The predicted octanol–water partition coefficient (Wildman–Crippen LogP) is 5.08. The second-order valence-corrected chi connectivity index (χ2v) is 6.47. The Morgan fingerprint density at radius 2 is 1.88 bits per heavy atom. The molecule has 0 fully saturated rings. The smallest absolute Gasteiger partial charge is 0.325 e. The summed E-state index contributed by atoms with van der Waals surface area (Å²) in [4.78, 5) is 16.7. The number of para-hydroxylation sites is 2. The van der Waals surface area contributed by atoms with Gasteiger partial charge >= 0.3 is 6.03 Å². The molecular formula is C19H19N3O2S. The highest BCUT2D eigenvalue weighted by Gasteiger charge is 2.10. The van der Waals surface area contributed by atoms with E-state index in [1.807, 2.05) is 23.6 Å². The minimum atomic E-state index is -0.356. The highest BCUT2D eigenvalue weighted by molar-refractivity contribution is 7.14. The molecule has 0 aliphatic rings. The van der Waals surface area contributed by atoms with E-state index in [-0.39, 0.29) is 6.03 Å². The van der Waals surface area contributed by atoms with Crippen LogP contribution in [-0.2, 0) is 0 Å². The van der Waals surface area contributed by atoms with Gasteiger partial charge in [-0.25, -0.2) is 9.78 Å². The summed E-state index contributed by atoms with van der Waals surface area (Å²) in [5.74, 6) is 0.604. The molecule has 0 bridgehead atoms. The zero-order valence-corrected chi connectivity index (χ0v) is 15.1. The molecule has 0 saturated carbocycles. The molecule has 1 heterocycles. The first-order valence-electron chi connectivity index (χ1n) is 7.81. The summed E-state index contributed by atoms with van der Waals surface area (Å²) in [7, 11) is 1.56. The Bertz CT molecular complexity index is 905. The van der Waals surface area contributed by atoms with Crippen molar-refractivity contribution in [1.29, 1.82) is 0 Å². The molecule has 0 atom stereocenters. The molecule has 0 radical (unpaired) electrons. The van der Waals surface area contributed by atoms with E-state index in [4.69, 9.17) is 4.74 Å². The first-order chi connectivity index (χ1) is 12.1. The first kappa shape index (κ1) is 17.0. The van der Waals surface area contributed by atoms with Gasteiger partial charge in [0, 0.05) is 10.9 Å². The average Bonchev–Trinajstić information content (AvgIpc) is 3.06. The number of benzene rings is 2. The summed E-state index contributed by atoms with van der Waals surface area (Å²) in [6.07, 6.45) is 0. The first-order valence-corrected chi connectivity index (χ1v) is 8.69. The third-order valence-electron chi connectivity index (χ3n) is 3.88. The number of nitrogens with one attached hydrogen (secondary N) is 2. The van der Waals surface area contributed by atoms with E-state index < -0.39 is 0 Å². The minimum absolute atomic E-state index is 0.356. The Morgan fingerprint density at radius 1 is 1.08 bits per heavy atom. The molecule has 1 aromatic heterocycles. The molecule has 2 N–H and O–H groups in total. The second kappa shape index (κ2) is 7.36. The van der Waals surface area contributed by atoms with Crippen LogP contribution in [0.1, 0.15) is 11.1 Å². The lowest BCUT2D eigenvalue weighted by atomic mass is 10.1. The van der Waals surface area contributed by atoms with Gasteiger partial charge in [0.15, 0.2) is 5.13 Å². The van der Waals surface area contributed by atoms with E-state index >= 15 is 0 Å². The fourth-order valence-corrected chi connectivity index (χ4v) is 3.08. The van der Waals surface area contributed by atoms with Crippen molar-refractivity contribution in [2.24, 2.45) is 0 Å². The summed E-state index contributed by atoms with van der Waals surface area (Å²) >= 11 is 1.39. The zero-order chi connectivity index (χ0) is 17.8. The third-order valence-corrected chi connectivity index (χ3v) is 4.64. The van der Waals surface area contributed by atoms with Gasteiger partial charge in [0.2, 0.25) is 0 Å². The van der Waals surface area contributed by atoms with E-state index in [2.05, 4.69) is 41.6 Å². The van der Waals surface area contributed by atoms with Crippen molar-refractivity contribution in [3.05, 3.63) is 59.0 Å². The molecule has 3 rings (SSSR count). The summed E-state index contributed by atoms with van der Waals surface area (Å²) < 4.78 is 5.22. The lowest BCUT2D eigenvalue weighted by Gasteiger charge is -2.09. The highest BCUT2D eigenvalue weighted by atomic mass is 32.1. The summed E-state index contributed by atoms with van der Waals surface area (Å²) in [5, 5.41) is 8.00. The van der Waals surface area contributed by atoms with E-state index in [0.29, 0.717) is 16.6 Å². The van der Waals surface area contributed by atoms with Crippen LogP contribution in [0.5, 0.6) is 5.75 Å². The van der Waals surface area contributed by atoms with Gasteiger partial charge in [0.1, 0.15) is 5.75 Å². The number of methoxy groups -OCH3 is 1. The minimum Gasteiger partial charge on any atom is -0.495 e. The molecule has 0 aliphatic carbocycles. The van der Waals surface area contributed by atoms with Crippen molar-refractivity contribution in [2.75, 3.05) is 17.7 Å². The van der Waals surface area contributed by atoms with Crippen molar-refractivity contribution in [2.45, 2.75) is 13.8 Å². The number of ether oxygens (including phenoxy) is 1. The van der Waals surface area contributed by atoms with Crippen molar-refractivity contribution in [3.63, 3.8) is 0 Å². The van der Waals surface area contributed by atoms with E-state index in [9.17, 15) is 4.79 Å². The number of aromatic nitrogens is 1. The molecule has 0 unspecified atom stereocenters. The molecule has 0 spiro atoms. The van der Waals surface area contributed by atoms with Crippen LogP contribution in [0.4, 0.5) is 15.6 Å². The van der Waals surface area contributed by atoms with E-state index in [1.165, 1.54) is 22.5 Å². The van der Waals surface area contributed by atoms with Gasteiger partial charge in [0.05, 0.1) is 18.5 Å². The van der Waals surface area contributed by atoms with Gasteiger partial charge in [0.25, 0.3) is 0 Å². The van der Waals surface area contributed by atoms with Crippen molar-refractivity contribution >= 4 is 28.2 Å². The Labute approximate surface area is 150 Å². The number of thiazole rings is 1. The Balaban J connectivity index is 1.70. The quantitative estimate of drug-likeness (QED) is 0.687. The van der Waals surface area contributed by atoms with Gasteiger partial charge in [-0.15, -0.1) is 11.3 Å². The largest absolute Gasteiger partial charge is 0.495 e. The number of aryl methyl sites for hydroxylation is 2. The number of anilines is 2. The van der Waals surface area contributed by atoms with Crippen molar-refractivity contribution in [1.82, 2.24) is 4.98 Å². The normalized spacial score (nSPS) is 10.4. The van der Waals surface area contributed by atoms with Crippen LogP contribution in [0.25, 0.3) is 11.3 Å². The number of nitrogens with zero attached hydrogens (tertiary/aromatic N) is 1. The Kier molecular flexibility index (Phi) is 5.00. The number of urea groups is 1. The fourth-order valence-electron chi connectivity index (χ4n) is 2.36. The maximum Gasteiger partial charge on any atom is 0.325 e. The maximum absolute atomic E-state index is 12.2. The standard InChI is InChI=1S/C19H19N3O2S/c1-12-8-9-14(10-13(12)2)16-11-25-19(21-16)22-18(23)20-15-6-4-5-7-17(15)24-3/h4-11H,1-3H3,(H2,20,21,22,23). The molecule has 25 heavy (non-hydrogen) atoms. The Hall–Kier alpha value is -2.86. The van der Waals surface area contributed by atoms with Crippen molar-refractivity contribution < 1.29 is 9.53 Å². The molecule has 3 aromatic rings. The zero-order valence-electron chi connectivity index (χ0n) is 14.3. The van der Waals surface area contributed by atoms with Gasteiger partial charge in [-0.2, -0.15) is 0 Å².